The fourth-order valence-electron chi connectivity index (χ4n) is 3.13. The Hall–Kier alpha value is -2.21. The molecule has 3 heteroatoms. The minimum atomic E-state index is -0.725. The molecule has 0 saturated heterocycles. The lowest BCUT2D eigenvalue weighted by molar-refractivity contribution is 0.329. The minimum absolute atomic E-state index is 0.0263. The highest BCUT2D eigenvalue weighted by Crippen LogP contribution is 2.38. The number of aryl methyl sites for hydroxylation is 1. The fraction of sp³-hybridized carbons (Fsp3) is 0.278. The summed E-state index contributed by atoms with van der Waals surface area (Å²) in [6.45, 7) is 0. The number of nitrogens with zero attached hydrogens (tertiary/aromatic N) is 1. The molecular formula is C18H15F2N. The highest BCUT2D eigenvalue weighted by molar-refractivity contribution is 5.34. The van der Waals surface area contributed by atoms with E-state index in [1.54, 1.807) is 0 Å². The molecule has 1 unspecified atom stereocenters. The van der Waals surface area contributed by atoms with Gasteiger partial charge in [-0.05, 0) is 48.9 Å². The normalized spacial score (nSPS) is 20.6. The summed E-state index contributed by atoms with van der Waals surface area (Å²) < 4.78 is 27.7. The van der Waals surface area contributed by atoms with Crippen molar-refractivity contribution in [1.29, 1.82) is 5.26 Å². The third-order valence-electron chi connectivity index (χ3n) is 4.33. The van der Waals surface area contributed by atoms with Gasteiger partial charge in [-0.1, -0.05) is 30.3 Å². The van der Waals surface area contributed by atoms with Crippen molar-refractivity contribution in [1.82, 2.24) is 0 Å². The van der Waals surface area contributed by atoms with Crippen LogP contribution in [-0.4, -0.2) is 0 Å². The highest BCUT2D eigenvalue weighted by Gasteiger charge is 2.36. The first-order valence-corrected chi connectivity index (χ1v) is 7.04. The molecule has 0 N–H and O–H groups in total. The van der Waals surface area contributed by atoms with Gasteiger partial charge in [0.1, 0.15) is 11.6 Å². The van der Waals surface area contributed by atoms with E-state index in [1.807, 2.05) is 18.2 Å². The van der Waals surface area contributed by atoms with E-state index in [0.29, 0.717) is 12.8 Å². The zero-order valence-corrected chi connectivity index (χ0v) is 11.6. The van der Waals surface area contributed by atoms with E-state index >= 15 is 0 Å². The number of hydrogen-bond donors (Lipinski definition) is 0. The first-order valence-electron chi connectivity index (χ1n) is 7.04. The van der Waals surface area contributed by atoms with Gasteiger partial charge in [0, 0.05) is 5.56 Å². The summed E-state index contributed by atoms with van der Waals surface area (Å²) in [5.41, 5.74) is 1.65. The van der Waals surface area contributed by atoms with Crippen molar-refractivity contribution in [2.24, 2.45) is 5.41 Å². The van der Waals surface area contributed by atoms with Crippen molar-refractivity contribution >= 4 is 0 Å². The molecule has 21 heavy (non-hydrogen) atoms. The van der Waals surface area contributed by atoms with Crippen LogP contribution < -0.4 is 0 Å². The second-order valence-electron chi connectivity index (χ2n) is 5.71. The minimum Gasteiger partial charge on any atom is -0.207 e. The zero-order chi connectivity index (χ0) is 14.9. The third kappa shape index (κ3) is 2.54. The number of nitriles is 1. The Balaban J connectivity index is 1.95. The number of fused-ring (bicyclic) bond motifs is 1. The molecule has 0 radical (unpaired) electrons. The van der Waals surface area contributed by atoms with Gasteiger partial charge in [0.25, 0.3) is 0 Å². The molecule has 2 aromatic rings. The molecule has 2 aromatic carbocycles. The number of rotatable bonds is 2. The SMILES string of the molecule is N#CC1(Cc2c(F)cccc2F)CCc2ccccc2C1. The molecule has 0 saturated carbocycles. The quantitative estimate of drug-likeness (QED) is 0.810. The molecule has 1 nitrogen and oxygen atoms in total. The van der Waals surface area contributed by atoms with Gasteiger partial charge in [0.15, 0.2) is 0 Å². The van der Waals surface area contributed by atoms with Gasteiger partial charge in [0.05, 0.1) is 11.5 Å². The van der Waals surface area contributed by atoms with Crippen LogP contribution in [0.15, 0.2) is 42.5 Å². The van der Waals surface area contributed by atoms with Gasteiger partial charge >= 0.3 is 0 Å². The van der Waals surface area contributed by atoms with Crippen LogP contribution in [0.5, 0.6) is 0 Å². The van der Waals surface area contributed by atoms with E-state index in [2.05, 4.69) is 12.1 Å². The van der Waals surface area contributed by atoms with Crippen LogP contribution in [0.2, 0.25) is 0 Å². The lowest BCUT2D eigenvalue weighted by Gasteiger charge is -2.32. The maximum Gasteiger partial charge on any atom is 0.129 e. The Morgan fingerprint density at radius 1 is 1.00 bits per heavy atom. The average Bonchev–Trinajstić information content (AvgIpc) is 2.51. The van der Waals surface area contributed by atoms with Crippen LogP contribution in [-0.2, 0) is 19.3 Å². The van der Waals surface area contributed by atoms with Crippen molar-refractivity contribution in [3.8, 4) is 6.07 Å². The molecule has 106 valence electrons. The number of benzene rings is 2. The summed E-state index contributed by atoms with van der Waals surface area (Å²) in [7, 11) is 0. The van der Waals surface area contributed by atoms with Gasteiger partial charge in [-0.2, -0.15) is 5.26 Å². The monoisotopic (exact) mass is 283 g/mol. The largest absolute Gasteiger partial charge is 0.207 e. The average molecular weight is 283 g/mol. The van der Waals surface area contributed by atoms with Crippen molar-refractivity contribution < 1.29 is 8.78 Å². The Kier molecular flexibility index (Phi) is 3.47. The summed E-state index contributed by atoms with van der Waals surface area (Å²) in [5.74, 6) is -1.13. The van der Waals surface area contributed by atoms with E-state index < -0.39 is 17.0 Å². The van der Waals surface area contributed by atoms with Crippen LogP contribution in [0, 0.1) is 28.4 Å². The fourth-order valence-corrected chi connectivity index (χ4v) is 3.13. The Labute approximate surface area is 122 Å². The molecular weight excluding hydrogens is 268 g/mol. The van der Waals surface area contributed by atoms with Crippen molar-refractivity contribution in [3.05, 3.63) is 70.8 Å². The van der Waals surface area contributed by atoms with E-state index in [9.17, 15) is 14.0 Å². The number of halogens is 2. The second kappa shape index (κ2) is 5.29. The van der Waals surface area contributed by atoms with Crippen LogP contribution >= 0.6 is 0 Å². The van der Waals surface area contributed by atoms with Crippen LogP contribution in [0.4, 0.5) is 8.78 Å². The standard InChI is InChI=1S/C18H15F2N/c19-16-6-3-7-17(20)15(16)11-18(12-21)9-8-13-4-1-2-5-14(13)10-18/h1-7H,8-11H2. The summed E-state index contributed by atoms with van der Waals surface area (Å²) in [6, 6.07) is 14.2. The van der Waals surface area contributed by atoms with E-state index in [4.69, 9.17) is 0 Å². The Morgan fingerprint density at radius 3 is 2.33 bits per heavy atom. The van der Waals surface area contributed by atoms with Gasteiger partial charge in [0.2, 0.25) is 0 Å². The van der Waals surface area contributed by atoms with Crippen LogP contribution in [0.1, 0.15) is 23.1 Å². The van der Waals surface area contributed by atoms with Crippen LogP contribution in [0.3, 0.4) is 0 Å². The van der Waals surface area contributed by atoms with Gasteiger partial charge in [-0.25, -0.2) is 8.78 Å². The lowest BCUT2D eigenvalue weighted by Crippen LogP contribution is -2.30. The molecule has 3 rings (SSSR count). The molecule has 0 spiro atoms. The molecule has 0 fully saturated rings. The molecule has 0 heterocycles. The lowest BCUT2D eigenvalue weighted by atomic mass is 9.69. The molecule has 0 bridgehead atoms. The smallest absolute Gasteiger partial charge is 0.129 e. The number of hydrogen-bond acceptors (Lipinski definition) is 1. The Morgan fingerprint density at radius 2 is 1.67 bits per heavy atom. The summed E-state index contributed by atoms with van der Waals surface area (Å²) >= 11 is 0. The topological polar surface area (TPSA) is 23.8 Å². The summed E-state index contributed by atoms with van der Waals surface area (Å²) in [6.07, 6.45) is 2.08. The summed E-state index contributed by atoms with van der Waals surface area (Å²) in [4.78, 5) is 0. The maximum atomic E-state index is 13.9. The first-order chi connectivity index (χ1) is 10.1. The highest BCUT2D eigenvalue weighted by atomic mass is 19.1. The zero-order valence-electron chi connectivity index (χ0n) is 11.6. The molecule has 0 amide bonds. The molecule has 0 aromatic heterocycles. The Bertz CT molecular complexity index is 697. The van der Waals surface area contributed by atoms with Gasteiger partial charge in [-0.15, -0.1) is 0 Å². The van der Waals surface area contributed by atoms with Crippen molar-refractivity contribution in [2.45, 2.75) is 25.7 Å². The van der Waals surface area contributed by atoms with E-state index in [1.165, 1.54) is 23.8 Å². The van der Waals surface area contributed by atoms with Gasteiger partial charge < -0.3 is 0 Å². The molecule has 1 aliphatic carbocycles. The second-order valence-corrected chi connectivity index (χ2v) is 5.71. The van der Waals surface area contributed by atoms with Crippen molar-refractivity contribution in [2.75, 3.05) is 0 Å². The van der Waals surface area contributed by atoms with E-state index in [0.717, 1.165) is 12.0 Å². The predicted molar refractivity (Wildman–Crippen MR) is 76.6 cm³/mol. The molecule has 1 atom stereocenters. The van der Waals surface area contributed by atoms with Crippen molar-refractivity contribution in [3.63, 3.8) is 0 Å². The predicted octanol–water partition coefficient (Wildman–Crippen LogP) is 4.21. The van der Waals surface area contributed by atoms with Gasteiger partial charge in [-0.3, -0.25) is 0 Å². The maximum absolute atomic E-state index is 13.9. The van der Waals surface area contributed by atoms with E-state index in [-0.39, 0.29) is 12.0 Å². The first kappa shape index (κ1) is 13.8. The molecule has 0 aliphatic heterocycles. The van der Waals surface area contributed by atoms with Crippen LogP contribution in [0.25, 0.3) is 0 Å². The third-order valence-corrected chi connectivity index (χ3v) is 4.33. The molecule has 1 aliphatic rings. The summed E-state index contributed by atoms with van der Waals surface area (Å²) in [5, 5.41) is 9.62.